The molecule has 72 valence electrons. The second-order valence-electron chi connectivity index (χ2n) is 3.03. The molecule has 0 bridgehead atoms. The van der Waals surface area contributed by atoms with E-state index >= 15 is 0 Å². The molecule has 0 saturated heterocycles. The first kappa shape index (κ1) is 10.8. The van der Waals surface area contributed by atoms with E-state index in [0.717, 1.165) is 17.1 Å². The van der Waals surface area contributed by atoms with Gasteiger partial charge in [-0.05, 0) is 18.6 Å². The van der Waals surface area contributed by atoms with Crippen LogP contribution in [-0.2, 0) is 6.54 Å². The summed E-state index contributed by atoms with van der Waals surface area (Å²) in [6.45, 7) is 2.82. The van der Waals surface area contributed by atoms with E-state index in [4.69, 9.17) is 23.2 Å². The molecule has 1 unspecified atom stereocenters. The number of benzene rings is 1. The van der Waals surface area contributed by atoms with Gasteiger partial charge in [0.2, 0.25) is 0 Å². The molecule has 1 N–H and O–H groups in total. The quantitative estimate of drug-likeness (QED) is 0.766. The second-order valence-corrected chi connectivity index (χ2v) is 3.74. The molecule has 0 saturated carbocycles. The topological polar surface area (TPSA) is 12.0 Å². The van der Waals surface area contributed by atoms with E-state index < -0.39 is 0 Å². The summed E-state index contributed by atoms with van der Waals surface area (Å²) in [7, 11) is 0. The van der Waals surface area contributed by atoms with Gasteiger partial charge >= 0.3 is 0 Å². The van der Waals surface area contributed by atoms with Crippen molar-refractivity contribution in [3.8, 4) is 0 Å². The molecule has 0 spiro atoms. The Bertz CT molecular complexity index is 263. The Kier molecular flexibility index (Phi) is 4.57. The summed E-state index contributed by atoms with van der Waals surface area (Å²) in [5.41, 5.74) is 1.11. The molecule has 0 fully saturated rings. The lowest BCUT2D eigenvalue weighted by molar-refractivity contribution is 0.593. The molecule has 1 aromatic rings. The van der Waals surface area contributed by atoms with Gasteiger partial charge in [-0.25, -0.2) is 0 Å². The zero-order valence-corrected chi connectivity index (χ0v) is 9.07. The van der Waals surface area contributed by atoms with E-state index in [0.29, 0.717) is 11.9 Å². The van der Waals surface area contributed by atoms with Crippen LogP contribution in [0.2, 0.25) is 5.02 Å². The van der Waals surface area contributed by atoms with Crippen LogP contribution in [0.5, 0.6) is 0 Å². The van der Waals surface area contributed by atoms with E-state index in [2.05, 4.69) is 5.32 Å². The summed E-state index contributed by atoms with van der Waals surface area (Å²) in [4.78, 5) is 0. The first-order chi connectivity index (χ1) is 6.24. The average Bonchev–Trinajstić information content (AvgIpc) is 2.16. The van der Waals surface area contributed by atoms with Gasteiger partial charge in [0.25, 0.3) is 0 Å². The highest BCUT2D eigenvalue weighted by Gasteiger charge is 2.01. The van der Waals surface area contributed by atoms with Crippen LogP contribution >= 0.6 is 23.2 Å². The molecule has 0 heterocycles. The van der Waals surface area contributed by atoms with Gasteiger partial charge < -0.3 is 5.32 Å². The van der Waals surface area contributed by atoms with E-state index in [9.17, 15) is 0 Å². The second kappa shape index (κ2) is 5.48. The van der Waals surface area contributed by atoms with E-state index in [1.165, 1.54) is 0 Å². The van der Waals surface area contributed by atoms with Gasteiger partial charge in [0.05, 0.1) is 0 Å². The number of hydrogen-bond donors (Lipinski definition) is 1. The van der Waals surface area contributed by atoms with Crippen molar-refractivity contribution in [2.75, 3.05) is 5.88 Å². The van der Waals surface area contributed by atoms with Gasteiger partial charge in [0.15, 0.2) is 0 Å². The van der Waals surface area contributed by atoms with Crippen molar-refractivity contribution < 1.29 is 0 Å². The summed E-state index contributed by atoms with van der Waals surface area (Å²) >= 11 is 11.6. The van der Waals surface area contributed by atoms with Gasteiger partial charge in [-0.3, -0.25) is 0 Å². The van der Waals surface area contributed by atoms with Crippen molar-refractivity contribution in [3.05, 3.63) is 34.9 Å². The third kappa shape index (κ3) is 3.55. The molecule has 1 rings (SSSR count). The summed E-state index contributed by atoms with van der Waals surface area (Å²) in [6.07, 6.45) is 0. The minimum atomic E-state index is 0.318. The van der Waals surface area contributed by atoms with Crippen LogP contribution in [0.25, 0.3) is 0 Å². The predicted molar refractivity (Wildman–Crippen MR) is 58.5 cm³/mol. The third-order valence-corrected chi connectivity index (χ3v) is 2.66. The van der Waals surface area contributed by atoms with E-state index in [1.54, 1.807) is 0 Å². The largest absolute Gasteiger partial charge is 0.309 e. The minimum Gasteiger partial charge on any atom is -0.309 e. The maximum absolute atomic E-state index is 5.98. The molecular formula is C10H13Cl2N. The number of hydrogen-bond acceptors (Lipinski definition) is 1. The molecular weight excluding hydrogens is 205 g/mol. The van der Waals surface area contributed by atoms with Crippen molar-refractivity contribution in [1.82, 2.24) is 5.32 Å². The predicted octanol–water partition coefficient (Wildman–Crippen LogP) is 3.06. The molecule has 13 heavy (non-hydrogen) atoms. The Morgan fingerprint density at radius 1 is 1.38 bits per heavy atom. The van der Waals surface area contributed by atoms with Crippen LogP contribution in [0.3, 0.4) is 0 Å². The van der Waals surface area contributed by atoms with Gasteiger partial charge in [0, 0.05) is 23.5 Å². The average molecular weight is 218 g/mol. The highest BCUT2D eigenvalue weighted by Crippen LogP contribution is 2.14. The first-order valence-electron chi connectivity index (χ1n) is 4.26. The highest BCUT2D eigenvalue weighted by molar-refractivity contribution is 6.31. The number of nitrogens with one attached hydrogen (secondary N) is 1. The lowest BCUT2D eigenvalue weighted by Crippen LogP contribution is -2.26. The van der Waals surface area contributed by atoms with Gasteiger partial charge in [-0.15, -0.1) is 11.6 Å². The fraction of sp³-hybridized carbons (Fsp3) is 0.400. The van der Waals surface area contributed by atoms with Gasteiger partial charge in [0.1, 0.15) is 0 Å². The van der Waals surface area contributed by atoms with Crippen molar-refractivity contribution in [3.63, 3.8) is 0 Å². The maximum atomic E-state index is 5.98. The number of halogens is 2. The first-order valence-corrected chi connectivity index (χ1v) is 5.18. The Balaban J connectivity index is 2.50. The van der Waals surface area contributed by atoms with E-state index in [1.807, 2.05) is 31.2 Å². The highest BCUT2D eigenvalue weighted by atomic mass is 35.5. The van der Waals surface area contributed by atoms with Crippen molar-refractivity contribution in [2.24, 2.45) is 0 Å². The van der Waals surface area contributed by atoms with Crippen LogP contribution in [0.15, 0.2) is 24.3 Å². The summed E-state index contributed by atoms with van der Waals surface area (Å²) < 4.78 is 0. The fourth-order valence-corrected chi connectivity index (χ4v) is 1.29. The van der Waals surface area contributed by atoms with Crippen LogP contribution < -0.4 is 5.32 Å². The summed E-state index contributed by atoms with van der Waals surface area (Å²) in [5, 5.41) is 4.08. The third-order valence-electron chi connectivity index (χ3n) is 1.83. The smallest absolute Gasteiger partial charge is 0.0450 e. The minimum absolute atomic E-state index is 0.318. The van der Waals surface area contributed by atoms with Crippen molar-refractivity contribution in [2.45, 2.75) is 19.5 Å². The molecule has 0 aliphatic carbocycles. The summed E-state index contributed by atoms with van der Waals surface area (Å²) in [6, 6.07) is 8.13. The van der Waals surface area contributed by atoms with Crippen LogP contribution in [0.4, 0.5) is 0 Å². The zero-order chi connectivity index (χ0) is 9.68. The van der Waals surface area contributed by atoms with Crippen molar-refractivity contribution in [1.29, 1.82) is 0 Å². The lowest BCUT2D eigenvalue weighted by atomic mass is 10.2. The Hall–Kier alpha value is -0.240. The Morgan fingerprint density at radius 3 is 2.69 bits per heavy atom. The van der Waals surface area contributed by atoms with Crippen LogP contribution in [0.1, 0.15) is 12.5 Å². The Morgan fingerprint density at radius 2 is 2.08 bits per heavy atom. The standard InChI is InChI=1S/C10H13Cl2N/c1-8(6-11)13-7-9-4-2-3-5-10(9)12/h2-5,8,13H,6-7H2,1H3. The van der Waals surface area contributed by atoms with Gasteiger partial charge in [-0.1, -0.05) is 29.8 Å². The normalized spacial score (nSPS) is 12.8. The number of alkyl halides is 1. The molecule has 0 amide bonds. The molecule has 0 aliphatic rings. The van der Waals surface area contributed by atoms with Gasteiger partial charge in [-0.2, -0.15) is 0 Å². The molecule has 3 heteroatoms. The molecule has 1 nitrogen and oxygen atoms in total. The van der Waals surface area contributed by atoms with Crippen molar-refractivity contribution >= 4 is 23.2 Å². The molecule has 1 aromatic carbocycles. The van der Waals surface area contributed by atoms with Crippen LogP contribution in [-0.4, -0.2) is 11.9 Å². The molecule has 0 radical (unpaired) electrons. The van der Waals surface area contributed by atoms with Crippen LogP contribution in [0, 0.1) is 0 Å². The van der Waals surface area contributed by atoms with E-state index in [-0.39, 0.29) is 0 Å². The Labute approximate surface area is 89.0 Å². The molecule has 1 atom stereocenters. The maximum Gasteiger partial charge on any atom is 0.0450 e. The fourth-order valence-electron chi connectivity index (χ4n) is 0.981. The lowest BCUT2D eigenvalue weighted by Gasteiger charge is -2.10. The molecule has 0 aliphatic heterocycles. The number of rotatable bonds is 4. The zero-order valence-electron chi connectivity index (χ0n) is 7.56. The monoisotopic (exact) mass is 217 g/mol. The molecule has 0 aromatic heterocycles. The summed E-state index contributed by atoms with van der Waals surface area (Å²) in [5.74, 6) is 0.616. The SMILES string of the molecule is CC(CCl)NCc1ccccc1Cl.